The normalized spacial score (nSPS) is 20.8. The summed E-state index contributed by atoms with van der Waals surface area (Å²) in [6.07, 6.45) is 3.52. The molecule has 0 bridgehead atoms. The third-order valence-corrected chi connectivity index (χ3v) is 4.43. The Bertz CT molecular complexity index is 708. The van der Waals surface area contributed by atoms with Gasteiger partial charge in [-0.3, -0.25) is 4.79 Å². The van der Waals surface area contributed by atoms with E-state index in [2.05, 4.69) is 10.2 Å². The van der Waals surface area contributed by atoms with E-state index < -0.39 is 5.60 Å². The first kappa shape index (κ1) is 16.5. The molecule has 1 aliphatic rings. The second-order valence-electron chi connectivity index (χ2n) is 6.15. The molecule has 6 heteroatoms. The van der Waals surface area contributed by atoms with Crippen LogP contribution in [0.1, 0.15) is 21.5 Å². The van der Waals surface area contributed by atoms with Crippen molar-refractivity contribution < 1.29 is 14.6 Å². The van der Waals surface area contributed by atoms with Crippen LogP contribution in [0.4, 0.5) is 0 Å². The highest BCUT2D eigenvalue weighted by Crippen LogP contribution is 2.25. The minimum atomic E-state index is -0.777. The summed E-state index contributed by atoms with van der Waals surface area (Å²) >= 11 is 0. The lowest BCUT2D eigenvalue weighted by Crippen LogP contribution is -2.56. The van der Waals surface area contributed by atoms with E-state index in [0.717, 1.165) is 11.1 Å². The number of benzene rings is 1. The van der Waals surface area contributed by atoms with Crippen LogP contribution in [0.2, 0.25) is 0 Å². The van der Waals surface area contributed by atoms with Crippen LogP contribution in [0.5, 0.6) is 0 Å². The Morgan fingerprint density at radius 2 is 2.17 bits per heavy atom. The van der Waals surface area contributed by atoms with Crippen LogP contribution in [0, 0.1) is 6.92 Å². The van der Waals surface area contributed by atoms with Crippen molar-refractivity contribution in [1.82, 2.24) is 15.1 Å². The number of amides is 1. The average Bonchev–Trinajstić information content (AvgIpc) is 2.64. The van der Waals surface area contributed by atoms with Gasteiger partial charge in [0.2, 0.25) is 0 Å². The maximum atomic E-state index is 12.6. The number of nitrogens with zero attached hydrogens (tertiary/aromatic N) is 3. The quantitative estimate of drug-likeness (QED) is 0.914. The van der Waals surface area contributed by atoms with E-state index in [1.807, 2.05) is 31.2 Å². The van der Waals surface area contributed by atoms with E-state index in [9.17, 15) is 9.90 Å². The first-order chi connectivity index (χ1) is 11.6. The van der Waals surface area contributed by atoms with Crippen LogP contribution in [-0.2, 0) is 11.2 Å². The molecule has 1 amide bonds. The first-order valence-corrected chi connectivity index (χ1v) is 7.99. The average molecular weight is 327 g/mol. The molecule has 0 spiro atoms. The summed E-state index contributed by atoms with van der Waals surface area (Å²) in [6.45, 7) is 3.14. The van der Waals surface area contributed by atoms with E-state index in [4.69, 9.17) is 4.74 Å². The van der Waals surface area contributed by atoms with Gasteiger partial charge in [-0.05, 0) is 24.1 Å². The lowest BCUT2D eigenvalue weighted by molar-refractivity contribution is -0.123. The lowest BCUT2D eigenvalue weighted by atomic mass is 9.90. The lowest BCUT2D eigenvalue weighted by Gasteiger charge is -2.42. The van der Waals surface area contributed by atoms with Crippen LogP contribution < -0.4 is 0 Å². The van der Waals surface area contributed by atoms with E-state index >= 15 is 0 Å². The largest absolute Gasteiger partial charge is 0.393 e. The Hall–Kier alpha value is -2.31. The molecule has 1 saturated heterocycles. The first-order valence-electron chi connectivity index (χ1n) is 7.99. The number of morpholine rings is 1. The van der Waals surface area contributed by atoms with E-state index in [-0.39, 0.29) is 12.5 Å². The summed E-state index contributed by atoms with van der Waals surface area (Å²) in [4.78, 5) is 14.4. The van der Waals surface area contributed by atoms with Gasteiger partial charge >= 0.3 is 0 Å². The summed E-state index contributed by atoms with van der Waals surface area (Å²) in [6, 6.07) is 9.67. The van der Waals surface area contributed by atoms with Crippen molar-refractivity contribution in [2.75, 3.05) is 26.3 Å². The van der Waals surface area contributed by atoms with Crippen LogP contribution in [0.15, 0.2) is 42.7 Å². The fourth-order valence-corrected chi connectivity index (χ4v) is 3.03. The molecule has 6 nitrogen and oxygen atoms in total. The zero-order valence-electron chi connectivity index (χ0n) is 13.7. The molecule has 2 aromatic rings. The summed E-state index contributed by atoms with van der Waals surface area (Å²) in [5.41, 5.74) is 1.98. The Morgan fingerprint density at radius 3 is 2.88 bits per heavy atom. The highest BCUT2D eigenvalue weighted by molar-refractivity contribution is 5.93. The number of aryl methyl sites for hydroxylation is 1. The van der Waals surface area contributed by atoms with Crippen molar-refractivity contribution >= 4 is 5.91 Å². The van der Waals surface area contributed by atoms with Crippen LogP contribution >= 0.6 is 0 Å². The van der Waals surface area contributed by atoms with Gasteiger partial charge in [0.15, 0.2) is 0 Å². The molecular formula is C18H21N3O3. The highest BCUT2D eigenvalue weighted by atomic mass is 16.5. The standard InChI is InChI=1S/C18H21N3O3/c1-14-4-2-3-5-15(14)10-18(13-22)12-21(8-9-24-18)17(23)16-6-7-19-20-11-16/h2-7,11,22H,8-10,12-13H2,1H3. The van der Waals surface area contributed by atoms with Crippen molar-refractivity contribution in [3.8, 4) is 0 Å². The molecule has 1 unspecified atom stereocenters. The topological polar surface area (TPSA) is 75.5 Å². The Labute approximate surface area is 141 Å². The second-order valence-corrected chi connectivity index (χ2v) is 6.15. The molecule has 126 valence electrons. The summed E-state index contributed by atoms with van der Waals surface area (Å²) in [5, 5.41) is 17.4. The van der Waals surface area contributed by atoms with E-state index in [1.54, 1.807) is 11.0 Å². The SMILES string of the molecule is Cc1ccccc1CC1(CO)CN(C(=O)c2ccnnc2)CCO1. The molecule has 1 aromatic heterocycles. The van der Waals surface area contributed by atoms with Gasteiger partial charge in [-0.1, -0.05) is 24.3 Å². The molecule has 1 atom stereocenters. The highest BCUT2D eigenvalue weighted by Gasteiger charge is 2.38. The van der Waals surface area contributed by atoms with Gasteiger partial charge in [-0.15, -0.1) is 0 Å². The van der Waals surface area contributed by atoms with Crippen LogP contribution in [-0.4, -0.2) is 58.0 Å². The molecule has 0 radical (unpaired) electrons. The number of carbonyl (C=O) groups excluding carboxylic acids is 1. The number of hydrogen-bond donors (Lipinski definition) is 1. The minimum absolute atomic E-state index is 0.115. The predicted octanol–water partition coefficient (Wildman–Crippen LogP) is 1.23. The third-order valence-electron chi connectivity index (χ3n) is 4.43. The Kier molecular flexibility index (Phi) is 4.87. The van der Waals surface area contributed by atoms with E-state index in [0.29, 0.717) is 31.7 Å². The fourth-order valence-electron chi connectivity index (χ4n) is 3.03. The van der Waals surface area contributed by atoms with Gasteiger partial charge in [0.05, 0.1) is 37.7 Å². The number of aromatic nitrogens is 2. The van der Waals surface area contributed by atoms with Gasteiger partial charge in [0.1, 0.15) is 5.60 Å². The molecule has 0 aliphatic carbocycles. The molecule has 1 aliphatic heterocycles. The fraction of sp³-hybridized carbons (Fsp3) is 0.389. The number of carbonyl (C=O) groups is 1. The van der Waals surface area contributed by atoms with Gasteiger partial charge in [0, 0.05) is 13.0 Å². The van der Waals surface area contributed by atoms with Crippen molar-refractivity contribution in [3.63, 3.8) is 0 Å². The third kappa shape index (κ3) is 3.44. The molecule has 2 heterocycles. The monoisotopic (exact) mass is 327 g/mol. The Balaban J connectivity index is 1.79. The zero-order valence-corrected chi connectivity index (χ0v) is 13.7. The number of aliphatic hydroxyl groups is 1. The van der Waals surface area contributed by atoms with Crippen molar-refractivity contribution in [1.29, 1.82) is 0 Å². The van der Waals surface area contributed by atoms with Crippen LogP contribution in [0.25, 0.3) is 0 Å². The zero-order chi connectivity index (χ0) is 17.0. The van der Waals surface area contributed by atoms with E-state index in [1.165, 1.54) is 12.4 Å². The van der Waals surface area contributed by atoms with Crippen LogP contribution in [0.3, 0.4) is 0 Å². The van der Waals surface area contributed by atoms with Gasteiger partial charge in [-0.2, -0.15) is 10.2 Å². The number of ether oxygens (including phenoxy) is 1. The smallest absolute Gasteiger partial charge is 0.255 e. The minimum Gasteiger partial charge on any atom is -0.393 e. The predicted molar refractivity (Wildman–Crippen MR) is 88.6 cm³/mol. The second kappa shape index (κ2) is 7.07. The maximum absolute atomic E-state index is 12.6. The maximum Gasteiger partial charge on any atom is 0.255 e. The molecule has 1 N–H and O–H groups in total. The molecule has 1 fully saturated rings. The van der Waals surface area contributed by atoms with Crippen molar-refractivity contribution in [3.05, 3.63) is 59.4 Å². The van der Waals surface area contributed by atoms with Crippen molar-refractivity contribution in [2.24, 2.45) is 0 Å². The molecular weight excluding hydrogens is 306 g/mol. The molecule has 1 aromatic carbocycles. The summed E-state index contributed by atoms with van der Waals surface area (Å²) in [7, 11) is 0. The van der Waals surface area contributed by atoms with Crippen molar-refractivity contribution in [2.45, 2.75) is 18.9 Å². The number of aliphatic hydroxyl groups excluding tert-OH is 1. The Morgan fingerprint density at radius 1 is 1.33 bits per heavy atom. The van der Waals surface area contributed by atoms with Gasteiger partial charge < -0.3 is 14.7 Å². The van der Waals surface area contributed by atoms with Gasteiger partial charge in [0.25, 0.3) is 5.91 Å². The number of hydrogen-bond acceptors (Lipinski definition) is 5. The van der Waals surface area contributed by atoms with Gasteiger partial charge in [-0.25, -0.2) is 0 Å². The summed E-state index contributed by atoms with van der Waals surface area (Å²) in [5.74, 6) is -0.115. The summed E-state index contributed by atoms with van der Waals surface area (Å²) < 4.78 is 5.92. The number of rotatable bonds is 4. The molecule has 0 saturated carbocycles. The molecule has 3 rings (SSSR count). The molecule has 24 heavy (non-hydrogen) atoms.